The van der Waals surface area contributed by atoms with Gasteiger partial charge < -0.3 is 36.2 Å². The van der Waals surface area contributed by atoms with Gasteiger partial charge in [-0.05, 0) is 51.7 Å². The van der Waals surface area contributed by atoms with Crippen LogP contribution in [-0.4, -0.2) is 103 Å². The number of imidazole rings is 1. The van der Waals surface area contributed by atoms with E-state index in [1.165, 1.54) is 43.0 Å². The Morgan fingerprint density at radius 1 is 0.926 bits per heavy atom. The lowest BCUT2D eigenvalue weighted by atomic mass is 9.90. The number of aromatic nitrogens is 4. The van der Waals surface area contributed by atoms with Gasteiger partial charge in [0.25, 0.3) is 5.91 Å². The number of benzene rings is 2. The van der Waals surface area contributed by atoms with Crippen LogP contribution in [0, 0.1) is 0 Å². The van der Waals surface area contributed by atoms with Crippen LogP contribution in [0.4, 0.5) is 10.6 Å². The number of carbonyl (C=O) groups excluding carboxylic acids is 2. The van der Waals surface area contributed by atoms with Crippen molar-refractivity contribution in [2.45, 2.75) is 108 Å². The van der Waals surface area contributed by atoms with Crippen molar-refractivity contribution in [3.8, 4) is 0 Å². The molecule has 3 heterocycles. The first kappa shape index (κ1) is 39.1. The largest absolute Gasteiger partial charge is 0.387 e. The zero-order valence-corrected chi connectivity index (χ0v) is 31.7. The minimum Gasteiger partial charge on any atom is -0.387 e. The monoisotopic (exact) mass is 741 g/mol. The van der Waals surface area contributed by atoms with Crippen LogP contribution in [0.3, 0.4) is 0 Å². The molecule has 6 rings (SSSR count). The fraction of sp³-hybridized carbons (Fsp3) is 0.525. The molecule has 2 aromatic carbocycles. The number of likely N-dealkylation sites (N-methyl/N-ethyl adjacent to an activating group) is 1. The molecule has 1 aliphatic carbocycles. The molecule has 2 fully saturated rings. The van der Waals surface area contributed by atoms with Gasteiger partial charge in [0.2, 0.25) is 0 Å². The Hall–Kier alpha value is -4.63. The van der Waals surface area contributed by atoms with Gasteiger partial charge in [-0.3, -0.25) is 14.3 Å². The molecule has 1 saturated heterocycles. The quantitative estimate of drug-likeness (QED) is 0.110. The first-order valence-electron chi connectivity index (χ1n) is 19.2. The van der Waals surface area contributed by atoms with Crippen LogP contribution >= 0.6 is 0 Å². The molecular weight excluding hydrogens is 686 g/mol. The number of rotatable bonds is 14. The highest BCUT2D eigenvalue weighted by Crippen LogP contribution is 2.34. The zero-order valence-electron chi connectivity index (χ0n) is 31.7. The molecule has 0 radical (unpaired) electrons. The third-order valence-corrected chi connectivity index (χ3v) is 10.4. The second-order valence-electron chi connectivity index (χ2n) is 15.2. The van der Waals surface area contributed by atoms with Crippen molar-refractivity contribution in [1.82, 2.24) is 40.4 Å². The van der Waals surface area contributed by atoms with Crippen molar-refractivity contribution in [2.24, 2.45) is 0 Å². The molecule has 2 aliphatic rings. The first-order chi connectivity index (χ1) is 26.0. The molecule has 0 bridgehead atoms. The summed E-state index contributed by atoms with van der Waals surface area (Å²) in [6.45, 7) is 10.5. The number of nitrogens with zero attached hydrogens (tertiary/aromatic N) is 5. The van der Waals surface area contributed by atoms with Gasteiger partial charge in [-0.15, -0.1) is 0 Å². The Balaban J connectivity index is 1.23. The highest BCUT2D eigenvalue weighted by molar-refractivity contribution is 5.84. The van der Waals surface area contributed by atoms with E-state index in [4.69, 9.17) is 14.7 Å². The Kier molecular flexibility index (Phi) is 12.8. The van der Waals surface area contributed by atoms with E-state index >= 15 is 0 Å². The second-order valence-corrected chi connectivity index (χ2v) is 15.2. The molecule has 14 heteroatoms. The molecule has 4 aromatic rings. The van der Waals surface area contributed by atoms with E-state index in [2.05, 4.69) is 76.2 Å². The van der Waals surface area contributed by atoms with E-state index in [9.17, 15) is 19.8 Å². The molecule has 4 atom stereocenters. The Morgan fingerprint density at radius 3 is 2.22 bits per heavy atom. The molecule has 1 aliphatic heterocycles. The van der Waals surface area contributed by atoms with Crippen LogP contribution in [0.2, 0.25) is 0 Å². The molecule has 3 amide bonds. The maximum Gasteiger partial charge on any atom is 0.315 e. The van der Waals surface area contributed by atoms with Gasteiger partial charge in [0, 0.05) is 43.7 Å². The van der Waals surface area contributed by atoms with Crippen molar-refractivity contribution in [1.29, 1.82) is 0 Å². The fourth-order valence-electron chi connectivity index (χ4n) is 7.70. The minimum atomic E-state index is -1.46. The molecule has 14 nitrogen and oxygen atoms in total. The molecule has 54 heavy (non-hydrogen) atoms. The molecular formula is C40H55N9O5. The lowest BCUT2D eigenvalue weighted by Gasteiger charge is -2.43. The van der Waals surface area contributed by atoms with Crippen molar-refractivity contribution < 1.29 is 24.5 Å². The highest BCUT2D eigenvalue weighted by atomic mass is 16.6. The first-order valence-corrected chi connectivity index (χ1v) is 19.2. The molecule has 6 N–H and O–H groups in total. The standard InChI is InChI=1S/C40H55N9O5/c1-5-41-37(52)34-32(50)33(51)38(54-34)48-25-45-31-35(43-23-29(26-15-9-6-10-16-26)27-17-11-7-12-18-27)46-30(47-36(31)48)24-44-39(53)42-21-22-49(40(2,3)4)28-19-13-8-14-20-28/h6-7,9-12,15-18,25,28-29,32-34,38,50-51H,5,8,13-14,19-24H2,1-4H3,(H,41,52)(H2,42,44,53)(H,43,46,47)/t32-,33+,34-,38+/m0/s1. The molecule has 1 saturated carbocycles. The summed E-state index contributed by atoms with van der Waals surface area (Å²) in [6.07, 6.45) is 2.26. The second kappa shape index (κ2) is 17.7. The number of hydrogen-bond acceptors (Lipinski definition) is 10. The summed E-state index contributed by atoms with van der Waals surface area (Å²) in [6, 6.07) is 20.5. The zero-order chi connectivity index (χ0) is 38.2. The SMILES string of the molecule is CCNC(=O)[C@H]1O[C@@H](n2cnc3c(NCC(c4ccccc4)c4ccccc4)nc(CNC(=O)NCCN(C4CCCCC4)C(C)(C)C)nc32)[C@H](O)[C@@H]1O. The van der Waals surface area contributed by atoms with E-state index in [1.54, 1.807) is 6.92 Å². The van der Waals surface area contributed by atoms with E-state index < -0.39 is 30.4 Å². The molecule has 2 aromatic heterocycles. The predicted octanol–water partition coefficient (Wildman–Crippen LogP) is 4.06. The highest BCUT2D eigenvalue weighted by Gasteiger charge is 2.47. The molecule has 0 unspecified atom stereocenters. The van der Waals surface area contributed by atoms with Crippen molar-refractivity contribution in [3.63, 3.8) is 0 Å². The topological polar surface area (TPSA) is 179 Å². The number of nitrogens with one attached hydrogen (secondary N) is 4. The number of carbonyl (C=O) groups is 2. The van der Waals surface area contributed by atoms with Crippen LogP contribution < -0.4 is 21.3 Å². The van der Waals surface area contributed by atoms with Gasteiger partial charge in [-0.25, -0.2) is 19.7 Å². The number of hydrogen-bond donors (Lipinski definition) is 6. The number of fused-ring (bicyclic) bond motifs is 1. The lowest BCUT2D eigenvalue weighted by Crippen LogP contribution is -2.52. The number of aliphatic hydroxyl groups excluding tert-OH is 2. The van der Waals surface area contributed by atoms with Gasteiger partial charge in [-0.2, -0.15) is 0 Å². The summed E-state index contributed by atoms with van der Waals surface area (Å²) < 4.78 is 7.42. The van der Waals surface area contributed by atoms with Crippen LogP contribution in [0.1, 0.15) is 88.9 Å². The van der Waals surface area contributed by atoms with E-state index in [1.807, 2.05) is 36.4 Å². The summed E-state index contributed by atoms with van der Waals surface area (Å²) in [4.78, 5) is 42.4. The number of ether oxygens (including phenoxy) is 1. The summed E-state index contributed by atoms with van der Waals surface area (Å²) in [7, 11) is 0. The summed E-state index contributed by atoms with van der Waals surface area (Å²) in [5, 5.41) is 33.9. The van der Waals surface area contributed by atoms with Gasteiger partial charge in [0.05, 0.1) is 12.9 Å². The van der Waals surface area contributed by atoms with Crippen molar-refractivity contribution >= 4 is 28.9 Å². The minimum absolute atomic E-state index is 0.00623. The van der Waals surface area contributed by atoms with Gasteiger partial charge in [-0.1, -0.05) is 79.9 Å². The third kappa shape index (κ3) is 9.17. The lowest BCUT2D eigenvalue weighted by molar-refractivity contribution is -0.137. The van der Waals surface area contributed by atoms with E-state index in [0.29, 0.717) is 48.5 Å². The van der Waals surface area contributed by atoms with Gasteiger partial charge in [0.15, 0.2) is 35.1 Å². The fourth-order valence-corrected chi connectivity index (χ4v) is 7.70. The Morgan fingerprint density at radius 2 is 1.59 bits per heavy atom. The van der Waals surface area contributed by atoms with Crippen LogP contribution in [0.15, 0.2) is 67.0 Å². The van der Waals surface area contributed by atoms with Crippen LogP contribution in [-0.2, 0) is 16.1 Å². The normalized spacial score (nSPS) is 20.7. The summed E-state index contributed by atoms with van der Waals surface area (Å²) >= 11 is 0. The average Bonchev–Trinajstić information content (AvgIpc) is 3.73. The maximum atomic E-state index is 13.1. The Labute approximate surface area is 317 Å². The van der Waals surface area contributed by atoms with Crippen LogP contribution in [0.25, 0.3) is 11.2 Å². The average molecular weight is 742 g/mol. The van der Waals surface area contributed by atoms with Crippen molar-refractivity contribution in [3.05, 3.63) is 83.9 Å². The van der Waals surface area contributed by atoms with Crippen LogP contribution in [0.5, 0.6) is 0 Å². The number of aliphatic hydroxyl groups is 2. The molecule has 290 valence electrons. The van der Waals surface area contributed by atoms with Crippen molar-refractivity contribution in [2.75, 3.05) is 31.5 Å². The number of amides is 3. The van der Waals surface area contributed by atoms with E-state index in [0.717, 1.165) is 17.7 Å². The molecule has 0 spiro atoms. The smallest absolute Gasteiger partial charge is 0.315 e. The number of anilines is 1. The van der Waals surface area contributed by atoms with Gasteiger partial charge in [0.1, 0.15) is 12.2 Å². The predicted molar refractivity (Wildman–Crippen MR) is 207 cm³/mol. The third-order valence-electron chi connectivity index (χ3n) is 10.4. The number of urea groups is 1. The maximum absolute atomic E-state index is 13.1. The summed E-state index contributed by atoms with van der Waals surface area (Å²) in [5.41, 5.74) is 2.93. The van der Waals surface area contributed by atoms with Gasteiger partial charge >= 0.3 is 6.03 Å². The summed E-state index contributed by atoms with van der Waals surface area (Å²) in [5.74, 6) is 0.168. The van der Waals surface area contributed by atoms with E-state index in [-0.39, 0.29) is 24.0 Å². The Bertz CT molecular complexity index is 1790.